The van der Waals surface area contributed by atoms with Crippen molar-refractivity contribution in [1.29, 1.82) is 0 Å². The number of ether oxygens (including phenoxy) is 2. The number of para-hydroxylation sites is 1. The largest absolute Gasteiger partial charge is 0.496 e. The van der Waals surface area contributed by atoms with Crippen LogP contribution >= 0.6 is 0 Å². The number of methoxy groups -OCH3 is 1. The van der Waals surface area contributed by atoms with Gasteiger partial charge < -0.3 is 15.2 Å². The van der Waals surface area contributed by atoms with Crippen LogP contribution in [0.25, 0.3) is 0 Å². The van der Waals surface area contributed by atoms with Gasteiger partial charge in [-0.2, -0.15) is 0 Å². The van der Waals surface area contributed by atoms with E-state index in [2.05, 4.69) is 6.92 Å². The molecule has 1 aromatic rings. The minimum Gasteiger partial charge on any atom is -0.496 e. The molecule has 0 spiro atoms. The fraction of sp³-hybridized carbons (Fsp3) is 0.625. The molecule has 1 fully saturated rings. The molecule has 0 bridgehead atoms. The van der Waals surface area contributed by atoms with Gasteiger partial charge in [-0.05, 0) is 24.8 Å². The van der Waals surface area contributed by atoms with E-state index in [1.54, 1.807) is 7.11 Å². The molecule has 3 nitrogen and oxygen atoms in total. The molecule has 1 saturated carbocycles. The summed E-state index contributed by atoms with van der Waals surface area (Å²) in [7, 11) is 1.68. The van der Waals surface area contributed by atoms with Crippen LogP contribution in [0.15, 0.2) is 24.3 Å². The standard InChI is InChI=1S/C16H25NO2/c1-12-6-5-7-13(10-12)19-11-15(17)14-8-3-4-9-16(14)18-2/h3-4,8-9,12-13,15H,5-7,10-11,17H2,1-2H3. The highest BCUT2D eigenvalue weighted by Crippen LogP contribution is 2.28. The summed E-state index contributed by atoms with van der Waals surface area (Å²) in [6.07, 6.45) is 5.32. The van der Waals surface area contributed by atoms with Crippen molar-refractivity contribution in [3.8, 4) is 5.75 Å². The van der Waals surface area contributed by atoms with Crippen molar-refractivity contribution in [2.45, 2.75) is 44.8 Å². The molecule has 0 heterocycles. The van der Waals surface area contributed by atoms with Crippen LogP contribution in [0.2, 0.25) is 0 Å². The zero-order valence-electron chi connectivity index (χ0n) is 12.0. The molecular weight excluding hydrogens is 238 g/mol. The molecule has 2 rings (SSSR count). The SMILES string of the molecule is COc1ccccc1C(N)COC1CCCC(C)C1. The third-order valence-corrected chi connectivity index (χ3v) is 3.94. The van der Waals surface area contributed by atoms with Gasteiger partial charge in [-0.3, -0.25) is 0 Å². The molecule has 0 radical (unpaired) electrons. The van der Waals surface area contributed by atoms with Crippen LogP contribution in [-0.4, -0.2) is 19.8 Å². The first kappa shape index (κ1) is 14.4. The highest BCUT2D eigenvalue weighted by atomic mass is 16.5. The Kier molecular flexibility index (Phi) is 5.23. The van der Waals surface area contributed by atoms with Gasteiger partial charge in [0.1, 0.15) is 5.75 Å². The van der Waals surface area contributed by atoms with Crippen LogP contribution in [0, 0.1) is 5.92 Å². The first-order chi connectivity index (χ1) is 9.20. The van der Waals surface area contributed by atoms with Crippen LogP contribution in [0.4, 0.5) is 0 Å². The first-order valence-corrected chi connectivity index (χ1v) is 7.20. The van der Waals surface area contributed by atoms with Crippen LogP contribution in [-0.2, 0) is 4.74 Å². The Morgan fingerprint density at radius 3 is 2.84 bits per heavy atom. The Morgan fingerprint density at radius 1 is 1.32 bits per heavy atom. The lowest BCUT2D eigenvalue weighted by atomic mass is 9.89. The summed E-state index contributed by atoms with van der Waals surface area (Å²) >= 11 is 0. The van der Waals surface area contributed by atoms with Gasteiger partial charge in [-0.25, -0.2) is 0 Å². The highest BCUT2D eigenvalue weighted by Gasteiger charge is 2.21. The second-order valence-electron chi connectivity index (χ2n) is 5.58. The minimum absolute atomic E-state index is 0.117. The highest BCUT2D eigenvalue weighted by molar-refractivity contribution is 5.35. The number of hydrogen-bond acceptors (Lipinski definition) is 3. The van der Waals surface area contributed by atoms with Crippen molar-refractivity contribution in [3.05, 3.63) is 29.8 Å². The van der Waals surface area contributed by atoms with E-state index in [4.69, 9.17) is 15.2 Å². The normalized spacial score (nSPS) is 25.0. The summed E-state index contributed by atoms with van der Waals surface area (Å²) < 4.78 is 11.3. The average molecular weight is 263 g/mol. The van der Waals surface area contributed by atoms with Gasteiger partial charge in [0.15, 0.2) is 0 Å². The van der Waals surface area contributed by atoms with Crippen molar-refractivity contribution in [2.24, 2.45) is 11.7 Å². The van der Waals surface area contributed by atoms with Crippen molar-refractivity contribution in [1.82, 2.24) is 0 Å². The molecule has 3 atom stereocenters. The Balaban J connectivity index is 1.88. The molecule has 106 valence electrons. The molecule has 1 aliphatic carbocycles. The van der Waals surface area contributed by atoms with E-state index in [1.165, 1.54) is 25.7 Å². The summed E-state index contributed by atoms with van der Waals surface area (Å²) in [5.41, 5.74) is 7.24. The Bertz CT molecular complexity index is 394. The predicted molar refractivity (Wildman–Crippen MR) is 77.3 cm³/mol. The van der Waals surface area contributed by atoms with Gasteiger partial charge in [0.2, 0.25) is 0 Å². The topological polar surface area (TPSA) is 44.5 Å². The molecule has 1 aromatic carbocycles. The van der Waals surface area contributed by atoms with Gasteiger partial charge in [0.25, 0.3) is 0 Å². The number of nitrogens with two attached hydrogens (primary N) is 1. The zero-order chi connectivity index (χ0) is 13.7. The second-order valence-corrected chi connectivity index (χ2v) is 5.58. The minimum atomic E-state index is -0.117. The number of hydrogen-bond donors (Lipinski definition) is 1. The lowest BCUT2D eigenvalue weighted by molar-refractivity contribution is 0.00829. The fourth-order valence-electron chi connectivity index (χ4n) is 2.83. The Labute approximate surface area is 116 Å². The van der Waals surface area contributed by atoms with E-state index in [-0.39, 0.29) is 6.04 Å². The monoisotopic (exact) mass is 263 g/mol. The fourth-order valence-corrected chi connectivity index (χ4v) is 2.83. The molecular formula is C16H25NO2. The maximum Gasteiger partial charge on any atom is 0.123 e. The number of benzene rings is 1. The summed E-state index contributed by atoms with van der Waals surface area (Å²) in [6.45, 7) is 2.87. The van der Waals surface area contributed by atoms with E-state index < -0.39 is 0 Å². The van der Waals surface area contributed by atoms with Crippen molar-refractivity contribution < 1.29 is 9.47 Å². The summed E-state index contributed by atoms with van der Waals surface area (Å²) in [5, 5.41) is 0. The first-order valence-electron chi connectivity index (χ1n) is 7.20. The van der Waals surface area contributed by atoms with Crippen LogP contribution in [0.3, 0.4) is 0 Å². The molecule has 0 saturated heterocycles. The predicted octanol–water partition coefficient (Wildman–Crippen LogP) is 3.29. The lowest BCUT2D eigenvalue weighted by Crippen LogP contribution is -2.26. The third-order valence-electron chi connectivity index (χ3n) is 3.94. The van der Waals surface area contributed by atoms with Gasteiger partial charge >= 0.3 is 0 Å². The van der Waals surface area contributed by atoms with Crippen LogP contribution < -0.4 is 10.5 Å². The molecule has 1 aliphatic rings. The lowest BCUT2D eigenvalue weighted by Gasteiger charge is -2.28. The third kappa shape index (κ3) is 3.95. The molecule has 2 N–H and O–H groups in total. The summed E-state index contributed by atoms with van der Waals surface area (Å²) in [6, 6.07) is 7.78. The van der Waals surface area contributed by atoms with Crippen LogP contribution in [0.5, 0.6) is 5.75 Å². The average Bonchev–Trinajstić information content (AvgIpc) is 2.45. The van der Waals surface area contributed by atoms with Gasteiger partial charge in [-0.15, -0.1) is 0 Å². The number of rotatable bonds is 5. The molecule has 0 aliphatic heterocycles. The smallest absolute Gasteiger partial charge is 0.123 e. The maximum atomic E-state index is 6.22. The molecule has 3 unspecified atom stereocenters. The zero-order valence-corrected chi connectivity index (χ0v) is 12.0. The van der Waals surface area contributed by atoms with Gasteiger partial charge in [0.05, 0.1) is 25.9 Å². The van der Waals surface area contributed by atoms with E-state index in [1.807, 2.05) is 24.3 Å². The van der Waals surface area contributed by atoms with E-state index in [0.29, 0.717) is 12.7 Å². The van der Waals surface area contributed by atoms with E-state index in [0.717, 1.165) is 17.2 Å². The van der Waals surface area contributed by atoms with Gasteiger partial charge in [-0.1, -0.05) is 38.0 Å². The molecule has 0 aromatic heterocycles. The van der Waals surface area contributed by atoms with Crippen molar-refractivity contribution >= 4 is 0 Å². The Morgan fingerprint density at radius 2 is 2.11 bits per heavy atom. The summed E-state index contributed by atoms with van der Waals surface area (Å²) in [4.78, 5) is 0. The van der Waals surface area contributed by atoms with Crippen molar-refractivity contribution in [3.63, 3.8) is 0 Å². The molecule has 3 heteroatoms. The van der Waals surface area contributed by atoms with Crippen molar-refractivity contribution in [2.75, 3.05) is 13.7 Å². The molecule has 0 amide bonds. The van der Waals surface area contributed by atoms with E-state index >= 15 is 0 Å². The second kappa shape index (κ2) is 6.92. The summed E-state index contributed by atoms with van der Waals surface area (Å²) in [5.74, 6) is 1.62. The van der Waals surface area contributed by atoms with Crippen LogP contribution in [0.1, 0.15) is 44.2 Å². The van der Waals surface area contributed by atoms with Gasteiger partial charge in [0, 0.05) is 5.56 Å². The Hall–Kier alpha value is -1.06. The molecule has 19 heavy (non-hydrogen) atoms. The van der Waals surface area contributed by atoms with E-state index in [9.17, 15) is 0 Å². The maximum absolute atomic E-state index is 6.22. The quantitative estimate of drug-likeness (QED) is 0.886.